The summed E-state index contributed by atoms with van der Waals surface area (Å²) in [5, 5.41) is 12.7. The van der Waals surface area contributed by atoms with Crippen molar-refractivity contribution in [3.05, 3.63) is 0 Å². The molecule has 2 N–H and O–H groups in total. The van der Waals surface area contributed by atoms with Crippen LogP contribution in [0.1, 0.15) is 33.1 Å². The molecule has 96 valence electrons. The molecule has 4 nitrogen and oxygen atoms in total. The number of rotatable bonds is 7. The molecule has 0 aromatic rings. The lowest BCUT2D eigenvalue weighted by atomic mass is 10.1. The van der Waals surface area contributed by atoms with E-state index in [2.05, 4.69) is 19.2 Å². The molecule has 0 aromatic carbocycles. The molecule has 0 bridgehead atoms. The minimum Gasteiger partial charge on any atom is -0.391 e. The van der Waals surface area contributed by atoms with Gasteiger partial charge in [0.2, 0.25) is 0 Å². The standard InChI is InChI=1S/C12H25NO3/c1-12(2)6-4-11(16-12)8-13-7-5-10(14)9-15-3/h10-11,13-14H,4-9H2,1-3H3. The summed E-state index contributed by atoms with van der Waals surface area (Å²) in [5.41, 5.74) is 0.0436. The van der Waals surface area contributed by atoms with Gasteiger partial charge in [-0.3, -0.25) is 0 Å². The summed E-state index contributed by atoms with van der Waals surface area (Å²) in [7, 11) is 1.60. The van der Waals surface area contributed by atoms with Crippen LogP contribution in [0.15, 0.2) is 0 Å². The van der Waals surface area contributed by atoms with Crippen LogP contribution < -0.4 is 5.32 Å². The highest BCUT2D eigenvalue weighted by atomic mass is 16.5. The van der Waals surface area contributed by atoms with Crippen molar-refractivity contribution in [3.63, 3.8) is 0 Å². The highest BCUT2D eigenvalue weighted by Gasteiger charge is 2.30. The SMILES string of the molecule is COCC(O)CCNCC1CCC(C)(C)O1. The molecular formula is C12H25NO3. The Bertz CT molecular complexity index is 197. The van der Waals surface area contributed by atoms with Crippen LogP contribution in [-0.4, -0.2) is 49.7 Å². The van der Waals surface area contributed by atoms with E-state index < -0.39 is 0 Å². The van der Waals surface area contributed by atoms with Crippen molar-refractivity contribution in [1.29, 1.82) is 0 Å². The molecular weight excluding hydrogens is 206 g/mol. The summed E-state index contributed by atoms with van der Waals surface area (Å²) in [6.45, 7) is 6.37. The second-order valence-electron chi connectivity index (χ2n) is 5.14. The first-order chi connectivity index (χ1) is 7.53. The fourth-order valence-corrected chi connectivity index (χ4v) is 2.03. The lowest BCUT2D eigenvalue weighted by molar-refractivity contribution is -0.0146. The van der Waals surface area contributed by atoms with Crippen molar-refractivity contribution < 1.29 is 14.6 Å². The summed E-state index contributed by atoms with van der Waals surface area (Å²) in [6, 6.07) is 0. The normalized spacial score (nSPS) is 25.9. The smallest absolute Gasteiger partial charge is 0.0785 e. The van der Waals surface area contributed by atoms with Crippen LogP contribution in [0, 0.1) is 0 Å². The average molecular weight is 231 g/mol. The maximum Gasteiger partial charge on any atom is 0.0785 e. The Balaban J connectivity index is 2.00. The number of aliphatic hydroxyl groups excluding tert-OH is 1. The van der Waals surface area contributed by atoms with Crippen LogP contribution in [0.3, 0.4) is 0 Å². The first kappa shape index (κ1) is 13.9. The van der Waals surface area contributed by atoms with Crippen LogP contribution >= 0.6 is 0 Å². The van der Waals surface area contributed by atoms with Crippen molar-refractivity contribution in [2.45, 2.75) is 50.9 Å². The molecule has 2 unspecified atom stereocenters. The third kappa shape index (κ3) is 5.25. The van der Waals surface area contributed by atoms with Gasteiger partial charge in [-0.05, 0) is 39.7 Å². The van der Waals surface area contributed by atoms with E-state index in [1.54, 1.807) is 7.11 Å². The Morgan fingerprint density at radius 3 is 2.88 bits per heavy atom. The van der Waals surface area contributed by atoms with E-state index in [0.717, 1.165) is 32.4 Å². The lowest BCUT2D eigenvalue weighted by Crippen LogP contribution is -2.31. The Morgan fingerprint density at radius 1 is 1.56 bits per heavy atom. The third-order valence-electron chi connectivity index (χ3n) is 2.94. The summed E-state index contributed by atoms with van der Waals surface area (Å²) in [6.07, 6.45) is 2.95. The quantitative estimate of drug-likeness (QED) is 0.640. The van der Waals surface area contributed by atoms with Gasteiger partial charge in [0.05, 0.1) is 24.4 Å². The van der Waals surface area contributed by atoms with E-state index in [-0.39, 0.29) is 11.7 Å². The molecule has 1 saturated heterocycles. The largest absolute Gasteiger partial charge is 0.391 e. The summed E-state index contributed by atoms with van der Waals surface area (Å²) in [5.74, 6) is 0. The van der Waals surface area contributed by atoms with Crippen molar-refractivity contribution in [2.75, 3.05) is 26.8 Å². The number of methoxy groups -OCH3 is 1. The topological polar surface area (TPSA) is 50.7 Å². The molecule has 0 aliphatic carbocycles. The fraction of sp³-hybridized carbons (Fsp3) is 1.00. The number of hydrogen-bond acceptors (Lipinski definition) is 4. The lowest BCUT2D eigenvalue weighted by Gasteiger charge is -2.19. The molecule has 16 heavy (non-hydrogen) atoms. The number of hydrogen-bond donors (Lipinski definition) is 2. The molecule has 1 heterocycles. The minimum atomic E-state index is -0.363. The summed E-state index contributed by atoms with van der Waals surface area (Å²) < 4.78 is 10.7. The first-order valence-corrected chi connectivity index (χ1v) is 6.09. The second-order valence-corrected chi connectivity index (χ2v) is 5.14. The molecule has 0 amide bonds. The van der Waals surface area contributed by atoms with Gasteiger partial charge in [0.15, 0.2) is 0 Å². The molecule has 0 radical (unpaired) electrons. The van der Waals surface area contributed by atoms with Crippen LogP contribution in [0.2, 0.25) is 0 Å². The molecule has 1 aliphatic heterocycles. The number of aliphatic hydroxyl groups is 1. The highest BCUT2D eigenvalue weighted by molar-refractivity contribution is 4.81. The Kier molecular flexibility index (Phi) is 5.69. The van der Waals surface area contributed by atoms with Gasteiger partial charge in [0.1, 0.15) is 0 Å². The summed E-state index contributed by atoms with van der Waals surface area (Å²) >= 11 is 0. The zero-order valence-corrected chi connectivity index (χ0v) is 10.7. The fourth-order valence-electron chi connectivity index (χ4n) is 2.03. The van der Waals surface area contributed by atoms with Crippen LogP contribution in [0.5, 0.6) is 0 Å². The van der Waals surface area contributed by atoms with E-state index >= 15 is 0 Å². The number of nitrogens with one attached hydrogen (secondary N) is 1. The van der Waals surface area contributed by atoms with Gasteiger partial charge in [-0.2, -0.15) is 0 Å². The second kappa shape index (κ2) is 6.55. The Hall–Kier alpha value is -0.160. The van der Waals surface area contributed by atoms with E-state index in [4.69, 9.17) is 9.47 Å². The van der Waals surface area contributed by atoms with Crippen molar-refractivity contribution in [1.82, 2.24) is 5.32 Å². The highest BCUT2D eigenvalue weighted by Crippen LogP contribution is 2.28. The van der Waals surface area contributed by atoms with Gasteiger partial charge in [0.25, 0.3) is 0 Å². The maximum absolute atomic E-state index is 9.43. The summed E-state index contributed by atoms with van der Waals surface area (Å²) in [4.78, 5) is 0. The van der Waals surface area contributed by atoms with Crippen molar-refractivity contribution in [2.24, 2.45) is 0 Å². The van der Waals surface area contributed by atoms with Crippen molar-refractivity contribution >= 4 is 0 Å². The molecule has 1 rings (SSSR count). The predicted molar refractivity (Wildman–Crippen MR) is 63.6 cm³/mol. The molecule has 4 heteroatoms. The van der Waals surface area contributed by atoms with Gasteiger partial charge in [-0.1, -0.05) is 0 Å². The van der Waals surface area contributed by atoms with Gasteiger partial charge in [-0.15, -0.1) is 0 Å². The van der Waals surface area contributed by atoms with E-state index in [1.807, 2.05) is 0 Å². The third-order valence-corrected chi connectivity index (χ3v) is 2.94. The predicted octanol–water partition coefficient (Wildman–Crippen LogP) is 0.931. The zero-order valence-electron chi connectivity index (χ0n) is 10.7. The van der Waals surface area contributed by atoms with Gasteiger partial charge < -0.3 is 19.9 Å². The average Bonchev–Trinajstić information content (AvgIpc) is 2.54. The molecule has 1 aliphatic rings. The molecule has 2 atom stereocenters. The maximum atomic E-state index is 9.43. The minimum absolute atomic E-state index is 0.0436. The van der Waals surface area contributed by atoms with E-state index in [0.29, 0.717) is 12.7 Å². The molecule has 0 spiro atoms. The molecule has 0 aromatic heterocycles. The van der Waals surface area contributed by atoms with Crippen molar-refractivity contribution in [3.8, 4) is 0 Å². The Morgan fingerprint density at radius 2 is 2.31 bits per heavy atom. The molecule has 0 saturated carbocycles. The zero-order chi connectivity index (χ0) is 12.0. The van der Waals surface area contributed by atoms with E-state index in [1.165, 1.54) is 0 Å². The van der Waals surface area contributed by atoms with Crippen LogP contribution in [0.25, 0.3) is 0 Å². The first-order valence-electron chi connectivity index (χ1n) is 6.09. The monoisotopic (exact) mass is 231 g/mol. The van der Waals surface area contributed by atoms with Gasteiger partial charge >= 0.3 is 0 Å². The van der Waals surface area contributed by atoms with Crippen LogP contribution in [-0.2, 0) is 9.47 Å². The Labute approximate surface area is 98.3 Å². The van der Waals surface area contributed by atoms with E-state index in [9.17, 15) is 5.11 Å². The van der Waals surface area contributed by atoms with Gasteiger partial charge in [0, 0.05) is 13.7 Å². The van der Waals surface area contributed by atoms with Crippen LogP contribution in [0.4, 0.5) is 0 Å². The molecule has 1 fully saturated rings. The van der Waals surface area contributed by atoms with Gasteiger partial charge in [-0.25, -0.2) is 0 Å². The number of ether oxygens (including phenoxy) is 2.